The fourth-order valence-electron chi connectivity index (χ4n) is 1.91. The molecule has 4 heteroatoms. The second-order valence-corrected chi connectivity index (χ2v) is 4.72. The number of halogens is 1. The second kappa shape index (κ2) is 5.52. The van der Waals surface area contributed by atoms with Gasteiger partial charge in [-0.3, -0.25) is 4.79 Å². The minimum Gasteiger partial charge on any atom is -0.395 e. The maximum Gasteiger partial charge on any atom is 0.227 e. The highest BCUT2D eigenvalue weighted by molar-refractivity contribution is 6.31. The third kappa shape index (κ3) is 3.20. The quantitative estimate of drug-likeness (QED) is 0.870. The molecule has 0 aliphatic heterocycles. The number of amides is 1. The Morgan fingerprint density at radius 3 is 2.71 bits per heavy atom. The summed E-state index contributed by atoms with van der Waals surface area (Å²) in [5.74, 6) is 0.0506. The summed E-state index contributed by atoms with van der Waals surface area (Å²) in [6.45, 7) is 0.443. The smallest absolute Gasteiger partial charge is 0.227 e. The summed E-state index contributed by atoms with van der Waals surface area (Å²) in [7, 11) is 0. The number of aliphatic hydroxyl groups excluding tert-OH is 1. The van der Waals surface area contributed by atoms with E-state index in [1.807, 2.05) is 18.2 Å². The summed E-state index contributed by atoms with van der Waals surface area (Å²) < 4.78 is 0. The van der Waals surface area contributed by atoms with Crippen molar-refractivity contribution in [3.8, 4) is 0 Å². The standard InChI is InChI=1S/C13H16ClNO2/c14-12-4-2-1-3-10(12)9-13(17)15(7-8-16)11-5-6-11/h1-4,11,16H,5-9H2. The van der Waals surface area contributed by atoms with Crippen LogP contribution in [-0.2, 0) is 11.2 Å². The van der Waals surface area contributed by atoms with Crippen LogP contribution in [0.5, 0.6) is 0 Å². The van der Waals surface area contributed by atoms with E-state index in [0.717, 1.165) is 18.4 Å². The summed E-state index contributed by atoms with van der Waals surface area (Å²) in [4.78, 5) is 13.9. The Bertz CT molecular complexity index is 404. The van der Waals surface area contributed by atoms with Crippen LogP contribution >= 0.6 is 11.6 Å². The van der Waals surface area contributed by atoms with E-state index in [1.165, 1.54) is 0 Å². The Hall–Kier alpha value is -1.06. The molecule has 0 bridgehead atoms. The first-order valence-electron chi connectivity index (χ1n) is 5.86. The SMILES string of the molecule is O=C(Cc1ccccc1Cl)N(CCO)C1CC1. The molecule has 0 spiro atoms. The van der Waals surface area contributed by atoms with Gasteiger partial charge in [0.1, 0.15) is 0 Å². The molecule has 0 aromatic heterocycles. The van der Waals surface area contributed by atoms with Crippen LogP contribution in [0.25, 0.3) is 0 Å². The molecule has 0 radical (unpaired) electrons. The molecule has 92 valence electrons. The maximum absolute atomic E-state index is 12.1. The minimum absolute atomic E-state index is 0.0186. The lowest BCUT2D eigenvalue weighted by molar-refractivity contribution is -0.131. The van der Waals surface area contributed by atoms with Gasteiger partial charge in [0.25, 0.3) is 0 Å². The van der Waals surface area contributed by atoms with Crippen LogP contribution < -0.4 is 0 Å². The number of carbonyl (C=O) groups is 1. The molecule has 1 aliphatic rings. The van der Waals surface area contributed by atoms with Crippen LogP contribution in [0, 0.1) is 0 Å². The lowest BCUT2D eigenvalue weighted by Gasteiger charge is -2.21. The van der Waals surface area contributed by atoms with Gasteiger partial charge in [0.05, 0.1) is 13.0 Å². The van der Waals surface area contributed by atoms with Gasteiger partial charge in [-0.1, -0.05) is 29.8 Å². The van der Waals surface area contributed by atoms with Crippen molar-refractivity contribution >= 4 is 17.5 Å². The lowest BCUT2D eigenvalue weighted by Crippen LogP contribution is -2.36. The third-order valence-electron chi connectivity index (χ3n) is 2.95. The van der Waals surface area contributed by atoms with Crippen molar-refractivity contribution in [3.63, 3.8) is 0 Å². The molecule has 1 saturated carbocycles. The third-order valence-corrected chi connectivity index (χ3v) is 3.32. The van der Waals surface area contributed by atoms with Crippen molar-refractivity contribution in [2.24, 2.45) is 0 Å². The molecule has 0 unspecified atom stereocenters. The van der Waals surface area contributed by atoms with E-state index in [-0.39, 0.29) is 12.5 Å². The molecule has 1 aromatic carbocycles. The zero-order valence-electron chi connectivity index (χ0n) is 9.60. The van der Waals surface area contributed by atoms with Gasteiger partial charge >= 0.3 is 0 Å². The summed E-state index contributed by atoms with van der Waals surface area (Å²) >= 11 is 6.03. The molecule has 2 rings (SSSR count). The summed E-state index contributed by atoms with van der Waals surface area (Å²) in [6.07, 6.45) is 2.42. The number of aliphatic hydroxyl groups is 1. The fraction of sp³-hybridized carbons (Fsp3) is 0.462. The first-order chi connectivity index (χ1) is 8.22. The number of benzene rings is 1. The largest absolute Gasteiger partial charge is 0.395 e. The summed E-state index contributed by atoms with van der Waals surface area (Å²) in [6, 6.07) is 7.71. The summed E-state index contributed by atoms with van der Waals surface area (Å²) in [5.41, 5.74) is 0.850. The summed E-state index contributed by atoms with van der Waals surface area (Å²) in [5, 5.41) is 9.59. The number of hydrogen-bond acceptors (Lipinski definition) is 2. The van der Waals surface area contributed by atoms with Gasteiger partial charge in [-0.05, 0) is 24.5 Å². The zero-order valence-corrected chi connectivity index (χ0v) is 10.4. The van der Waals surface area contributed by atoms with Gasteiger partial charge in [-0.15, -0.1) is 0 Å². The Labute approximate surface area is 106 Å². The normalized spacial score (nSPS) is 14.7. The minimum atomic E-state index is 0.0186. The molecule has 1 aromatic rings. The van der Waals surface area contributed by atoms with Crippen LogP contribution in [0.4, 0.5) is 0 Å². The van der Waals surface area contributed by atoms with Crippen molar-refractivity contribution in [2.75, 3.05) is 13.2 Å². The van der Waals surface area contributed by atoms with E-state index in [9.17, 15) is 4.79 Å². The molecule has 1 fully saturated rings. The van der Waals surface area contributed by atoms with Gasteiger partial charge in [-0.25, -0.2) is 0 Å². The molecule has 1 amide bonds. The van der Waals surface area contributed by atoms with Crippen molar-refractivity contribution in [2.45, 2.75) is 25.3 Å². The average molecular weight is 254 g/mol. The van der Waals surface area contributed by atoms with E-state index in [2.05, 4.69) is 0 Å². The Balaban J connectivity index is 2.02. The zero-order chi connectivity index (χ0) is 12.3. The van der Waals surface area contributed by atoms with Gasteiger partial charge in [0.2, 0.25) is 5.91 Å². The van der Waals surface area contributed by atoms with Crippen LogP contribution in [0.15, 0.2) is 24.3 Å². The van der Waals surface area contributed by atoms with E-state index in [0.29, 0.717) is 24.0 Å². The van der Waals surface area contributed by atoms with Crippen molar-refractivity contribution in [1.82, 2.24) is 4.90 Å². The first kappa shape index (κ1) is 12.4. The number of rotatable bonds is 5. The van der Waals surface area contributed by atoms with Crippen LogP contribution in [0.1, 0.15) is 18.4 Å². The predicted molar refractivity (Wildman–Crippen MR) is 67.0 cm³/mol. The van der Waals surface area contributed by atoms with E-state index < -0.39 is 0 Å². The maximum atomic E-state index is 12.1. The molecule has 0 atom stereocenters. The highest BCUT2D eigenvalue weighted by atomic mass is 35.5. The lowest BCUT2D eigenvalue weighted by atomic mass is 10.1. The van der Waals surface area contributed by atoms with Gasteiger partial charge in [0.15, 0.2) is 0 Å². The van der Waals surface area contributed by atoms with E-state index >= 15 is 0 Å². The highest BCUT2D eigenvalue weighted by Crippen LogP contribution is 2.27. The van der Waals surface area contributed by atoms with Crippen molar-refractivity contribution < 1.29 is 9.90 Å². The highest BCUT2D eigenvalue weighted by Gasteiger charge is 2.31. The molecule has 1 aliphatic carbocycles. The van der Waals surface area contributed by atoms with Gasteiger partial charge in [-0.2, -0.15) is 0 Å². The van der Waals surface area contributed by atoms with Crippen LogP contribution in [0.3, 0.4) is 0 Å². The number of nitrogens with zero attached hydrogens (tertiary/aromatic N) is 1. The van der Waals surface area contributed by atoms with Crippen molar-refractivity contribution in [3.05, 3.63) is 34.9 Å². The predicted octanol–water partition coefficient (Wildman–Crippen LogP) is 1.87. The van der Waals surface area contributed by atoms with E-state index in [1.54, 1.807) is 11.0 Å². The Kier molecular flexibility index (Phi) is 4.02. The second-order valence-electron chi connectivity index (χ2n) is 4.31. The number of hydrogen-bond donors (Lipinski definition) is 1. The molecule has 1 N–H and O–H groups in total. The van der Waals surface area contributed by atoms with Gasteiger partial charge in [0, 0.05) is 17.6 Å². The molecule has 17 heavy (non-hydrogen) atoms. The molecular formula is C13H16ClNO2. The average Bonchev–Trinajstić information content (AvgIpc) is 3.13. The molecule has 0 saturated heterocycles. The number of carbonyl (C=O) groups excluding carboxylic acids is 1. The molecular weight excluding hydrogens is 238 g/mol. The van der Waals surface area contributed by atoms with Crippen LogP contribution in [0.2, 0.25) is 5.02 Å². The Morgan fingerprint density at radius 1 is 1.41 bits per heavy atom. The molecule has 3 nitrogen and oxygen atoms in total. The molecule has 0 heterocycles. The van der Waals surface area contributed by atoms with Crippen LogP contribution in [-0.4, -0.2) is 35.1 Å². The topological polar surface area (TPSA) is 40.5 Å². The fourth-order valence-corrected chi connectivity index (χ4v) is 2.11. The van der Waals surface area contributed by atoms with Crippen molar-refractivity contribution in [1.29, 1.82) is 0 Å². The van der Waals surface area contributed by atoms with Gasteiger partial charge < -0.3 is 10.0 Å². The monoisotopic (exact) mass is 253 g/mol. The first-order valence-corrected chi connectivity index (χ1v) is 6.24. The van der Waals surface area contributed by atoms with E-state index in [4.69, 9.17) is 16.7 Å². The Morgan fingerprint density at radius 2 is 2.12 bits per heavy atom.